The number of hydrogen-bond acceptors (Lipinski definition) is 6. The van der Waals surface area contributed by atoms with Crippen LogP contribution in [0.15, 0.2) is 66.1 Å². The van der Waals surface area contributed by atoms with E-state index in [0.29, 0.717) is 12.2 Å². The number of nitrogens with one attached hydrogen (secondary N) is 3. The molecule has 0 aliphatic heterocycles. The van der Waals surface area contributed by atoms with Crippen LogP contribution in [0.25, 0.3) is 21.8 Å². The van der Waals surface area contributed by atoms with Gasteiger partial charge >= 0.3 is 0 Å². The van der Waals surface area contributed by atoms with Gasteiger partial charge < -0.3 is 15.4 Å². The van der Waals surface area contributed by atoms with Crippen molar-refractivity contribution in [2.75, 3.05) is 13.1 Å². The van der Waals surface area contributed by atoms with Gasteiger partial charge in [-0.05, 0) is 49.6 Å². The van der Waals surface area contributed by atoms with E-state index in [9.17, 15) is 13.5 Å². The maximum atomic E-state index is 12.8. The van der Waals surface area contributed by atoms with Crippen molar-refractivity contribution in [2.45, 2.75) is 30.4 Å². The van der Waals surface area contributed by atoms with Gasteiger partial charge in [0.15, 0.2) is 0 Å². The van der Waals surface area contributed by atoms with Crippen molar-refractivity contribution in [3.63, 3.8) is 0 Å². The van der Waals surface area contributed by atoms with E-state index in [0.717, 1.165) is 21.7 Å². The zero-order chi connectivity index (χ0) is 22.1. The number of rotatable bonds is 8. The predicted molar refractivity (Wildman–Crippen MR) is 120 cm³/mol. The molecule has 8 nitrogen and oxygen atoms in total. The highest BCUT2D eigenvalue weighted by Crippen LogP contribution is 2.27. The van der Waals surface area contributed by atoms with E-state index in [4.69, 9.17) is 0 Å². The molecule has 1 aromatic carbocycles. The van der Waals surface area contributed by atoms with Crippen molar-refractivity contribution in [1.29, 1.82) is 0 Å². The average molecular weight is 440 g/mol. The van der Waals surface area contributed by atoms with E-state index < -0.39 is 15.6 Å². The Kier molecular flexibility index (Phi) is 5.76. The summed E-state index contributed by atoms with van der Waals surface area (Å²) in [6.07, 6.45) is 6.77. The smallest absolute Gasteiger partial charge is 0.240 e. The molecule has 4 N–H and O–H groups in total. The van der Waals surface area contributed by atoms with Crippen LogP contribution >= 0.6 is 0 Å². The van der Waals surface area contributed by atoms with Crippen molar-refractivity contribution in [3.05, 3.63) is 66.7 Å². The van der Waals surface area contributed by atoms with Gasteiger partial charge in [-0.3, -0.25) is 4.98 Å². The maximum Gasteiger partial charge on any atom is 0.240 e. The molecule has 0 fully saturated rings. The zero-order valence-electron chi connectivity index (χ0n) is 17.3. The van der Waals surface area contributed by atoms with Crippen molar-refractivity contribution in [1.82, 2.24) is 25.0 Å². The Labute approximate surface area is 180 Å². The molecule has 0 amide bonds. The van der Waals surface area contributed by atoms with E-state index in [1.807, 2.05) is 12.1 Å². The molecule has 3 heterocycles. The van der Waals surface area contributed by atoms with Gasteiger partial charge in [0, 0.05) is 60.3 Å². The quantitative estimate of drug-likeness (QED) is 0.334. The SMILES string of the molecule is C[C@H](CNCC(C)(O)c1c[nH]c2ncccc12)NS(=O)(=O)c1ccc2cnccc2c1. The number of sulfonamides is 1. The second kappa shape index (κ2) is 8.35. The molecule has 0 spiro atoms. The van der Waals surface area contributed by atoms with Crippen LogP contribution in [0.5, 0.6) is 0 Å². The highest BCUT2D eigenvalue weighted by molar-refractivity contribution is 7.89. The fourth-order valence-electron chi connectivity index (χ4n) is 3.63. The van der Waals surface area contributed by atoms with Gasteiger partial charge in [0.25, 0.3) is 0 Å². The molecule has 162 valence electrons. The first-order chi connectivity index (χ1) is 14.8. The first-order valence-corrected chi connectivity index (χ1v) is 11.5. The topological polar surface area (TPSA) is 120 Å². The molecule has 31 heavy (non-hydrogen) atoms. The van der Waals surface area contributed by atoms with Crippen molar-refractivity contribution < 1.29 is 13.5 Å². The van der Waals surface area contributed by atoms with Crippen LogP contribution in [0.4, 0.5) is 0 Å². The second-order valence-electron chi connectivity index (χ2n) is 7.91. The summed E-state index contributed by atoms with van der Waals surface area (Å²) in [7, 11) is -3.68. The normalized spacial score (nSPS) is 15.2. The number of benzene rings is 1. The fraction of sp³-hybridized carbons (Fsp3) is 0.273. The minimum Gasteiger partial charge on any atom is -0.384 e. The second-order valence-corrected chi connectivity index (χ2v) is 9.63. The molecular weight excluding hydrogens is 414 g/mol. The van der Waals surface area contributed by atoms with Crippen LogP contribution in [0.3, 0.4) is 0 Å². The summed E-state index contributed by atoms with van der Waals surface area (Å²) in [5.74, 6) is 0. The van der Waals surface area contributed by atoms with Crippen LogP contribution in [-0.4, -0.2) is 47.6 Å². The Hall–Kier alpha value is -2.85. The van der Waals surface area contributed by atoms with E-state index in [-0.39, 0.29) is 17.5 Å². The summed E-state index contributed by atoms with van der Waals surface area (Å²) in [5.41, 5.74) is 0.304. The summed E-state index contributed by atoms with van der Waals surface area (Å²) in [6, 6.07) is 10.1. The van der Waals surface area contributed by atoms with Crippen LogP contribution in [0.2, 0.25) is 0 Å². The number of H-pyrrole nitrogens is 1. The van der Waals surface area contributed by atoms with Gasteiger partial charge in [-0.2, -0.15) is 0 Å². The molecule has 3 aromatic heterocycles. The molecule has 1 unspecified atom stereocenters. The monoisotopic (exact) mass is 439 g/mol. The van der Waals surface area contributed by atoms with Crippen molar-refractivity contribution in [3.8, 4) is 0 Å². The van der Waals surface area contributed by atoms with Gasteiger partial charge in [0.05, 0.1) is 4.90 Å². The average Bonchev–Trinajstić information content (AvgIpc) is 3.18. The molecular formula is C22H25N5O3S. The van der Waals surface area contributed by atoms with Crippen LogP contribution < -0.4 is 10.0 Å². The van der Waals surface area contributed by atoms with Crippen LogP contribution in [0, 0.1) is 0 Å². The van der Waals surface area contributed by atoms with Crippen molar-refractivity contribution in [2.24, 2.45) is 0 Å². The Morgan fingerprint density at radius 3 is 2.87 bits per heavy atom. The number of aromatic nitrogens is 3. The van der Waals surface area contributed by atoms with E-state index >= 15 is 0 Å². The molecule has 0 saturated carbocycles. The Bertz CT molecular complexity index is 1320. The first kappa shape index (κ1) is 21.4. The van der Waals surface area contributed by atoms with Gasteiger partial charge in [0.2, 0.25) is 10.0 Å². The van der Waals surface area contributed by atoms with Crippen LogP contribution in [0.1, 0.15) is 19.4 Å². The molecule has 0 saturated heterocycles. The van der Waals surface area contributed by atoms with Crippen LogP contribution in [-0.2, 0) is 15.6 Å². The molecule has 9 heteroatoms. The number of fused-ring (bicyclic) bond motifs is 2. The summed E-state index contributed by atoms with van der Waals surface area (Å²) in [5, 5.41) is 16.7. The van der Waals surface area contributed by atoms with Gasteiger partial charge in [-0.15, -0.1) is 0 Å². The number of hydrogen-bond donors (Lipinski definition) is 4. The summed E-state index contributed by atoms with van der Waals surface area (Å²) < 4.78 is 28.2. The maximum absolute atomic E-state index is 12.8. The Morgan fingerprint density at radius 1 is 1.19 bits per heavy atom. The molecule has 0 radical (unpaired) electrons. The number of aromatic amines is 1. The highest BCUT2D eigenvalue weighted by Gasteiger charge is 2.27. The van der Waals surface area contributed by atoms with Gasteiger partial charge in [0.1, 0.15) is 11.2 Å². The lowest BCUT2D eigenvalue weighted by atomic mass is 9.96. The van der Waals surface area contributed by atoms with E-state index in [2.05, 4.69) is 25.0 Å². The number of nitrogens with zero attached hydrogens (tertiary/aromatic N) is 2. The zero-order valence-corrected chi connectivity index (χ0v) is 18.1. The predicted octanol–water partition coefficient (Wildman–Crippen LogP) is 2.28. The lowest BCUT2D eigenvalue weighted by Gasteiger charge is -2.25. The lowest BCUT2D eigenvalue weighted by molar-refractivity contribution is 0.0583. The van der Waals surface area contributed by atoms with E-state index in [1.54, 1.807) is 62.9 Å². The summed E-state index contributed by atoms with van der Waals surface area (Å²) in [6.45, 7) is 4.10. The molecule has 0 bridgehead atoms. The van der Waals surface area contributed by atoms with Gasteiger partial charge in [-0.25, -0.2) is 18.1 Å². The third-order valence-electron chi connectivity index (χ3n) is 5.23. The summed E-state index contributed by atoms with van der Waals surface area (Å²) in [4.78, 5) is 11.6. The minimum atomic E-state index is -3.68. The molecule has 4 aromatic rings. The van der Waals surface area contributed by atoms with E-state index in [1.165, 1.54) is 0 Å². The molecule has 2 atom stereocenters. The Morgan fingerprint density at radius 2 is 2.03 bits per heavy atom. The Balaban J connectivity index is 1.38. The third kappa shape index (κ3) is 4.59. The number of aliphatic hydroxyl groups is 1. The highest BCUT2D eigenvalue weighted by atomic mass is 32.2. The largest absolute Gasteiger partial charge is 0.384 e. The van der Waals surface area contributed by atoms with Gasteiger partial charge in [-0.1, -0.05) is 6.07 Å². The summed E-state index contributed by atoms with van der Waals surface area (Å²) >= 11 is 0. The number of pyridine rings is 2. The molecule has 4 rings (SSSR count). The first-order valence-electron chi connectivity index (χ1n) is 9.98. The van der Waals surface area contributed by atoms with Crippen molar-refractivity contribution >= 4 is 31.8 Å². The standard InChI is InChI=1S/C22H25N5O3S/c1-15(27-31(29,30)18-6-5-17-12-23-9-7-16(17)10-18)11-24-14-22(2,28)20-13-26-21-19(20)4-3-8-25-21/h3-10,12-13,15,24,27-28H,11,14H2,1-2H3,(H,25,26)/t15-,22?/m1/s1. The lowest BCUT2D eigenvalue weighted by Crippen LogP contribution is -2.43. The minimum absolute atomic E-state index is 0.205. The third-order valence-corrected chi connectivity index (χ3v) is 6.82. The molecule has 0 aliphatic rings. The molecule has 0 aliphatic carbocycles. The fourth-order valence-corrected chi connectivity index (χ4v) is 4.91.